The van der Waals surface area contributed by atoms with Crippen molar-refractivity contribution in [2.45, 2.75) is 62.9 Å². The van der Waals surface area contributed by atoms with Gasteiger partial charge in [0.25, 0.3) is 10.0 Å². The van der Waals surface area contributed by atoms with Crippen LogP contribution in [0.4, 0.5) is 0 Å². The van der Waals surface area contributed by atoms with Gasteiger partial charge in [-0.3, -0.25) is 0 Å². The Bertz CT molecular complexity index is 697. The molecule has 132 valence electrons. The van der Waals surface area contributed by atoms with Crippen molar-refractivity contribution in [3.63, 3.8) is 0 Å². The van der Waals surface area contributed by atoms with Crippen LogP contribution in [0.3, 0.4) is 0 Å². The summed E-state index contributed by atoms with van der Waals surface area (Å²) in [4.78, 5) is 2.61. The molecule has 0 unspecified atom stereocenters. The molecule has 0 heterocycles. The molecule has 2 aliphatic rings. The van der Waals surface area contributed by atoms with Gasteiger partial charge in [-0.1, -0.05) is 30.5 Å². The molecule has 2 saturated carbocycles. The average Bonchev–Trinajstić information content (AvgIpc) is 2.87. The summed E-state index contributed by atoms with van der Waals surface area (Å²) in [6.07, 6.45) is 6.60. The molecular formula is C18H26N2O3S. The quantitative estimate of drug-likeness (QED) is 0.823. The van der Waals surface area contributed by atoms with Crippen LogP contribution in [-0.2, 0) is 10.0 Å². The summed E-state index contributed by atoms with van der Waals surface area (Å²) in [6.45, 7) is 1.92. The fraction of sp³-hybridized carbons (Fsp3) is 0.611. The van der Waals surface area contributed by atoms with E-state index in [2.05, 4.69) is 9.93 Å². The number of aliphatic hydroxyl groups is 1. The number of fused-ring (bicyclic) bond motifs is 1. The highest BCUT2D eigenvalue weighted by Gasteiger charge is 2.38. The van der Waals surface area contributed by atoms with Gasteiger partial charge in [0.2, 0.25) is 0 Å². The first-order valence-electron chi connectivity index (χ1n) is 8.80. The molecule has 1 aromatic carbocycles. The first kappa shape index (κ1) is 17.4. The van der Waals surface area contributed by atoms with Crippen molar-refractivity contribution in [3.8, 4) is 0 Å². The predicted octanol–water partition coefficient (Wildman–Crippen LogP) is 2.98. The van der Waals surface area contributed by atoms with E-state index in [-0.39, 0.29) is 10.8 Å². The van der Waals surface area contributed by atoms with Gasteiger partial charge in [-0.25, -0.2) is 4.83 Å². The van der Waals surface area contributed by atoms with Gasteiger partial charge in [0.15, 0.2) is 0 Å². The monoisotopic (exact) mass is 350 g/mol. The van der Waals surface area contributed by atoms with Crippen LogP contribution in [0.2, 0.25) is 0 Å². The van der Waals surface area contributed by atoms with Crippen molar-refractivity contribution < 1.29 is 13.5 Å². The van der Waals surface area contributed by atoms with Gasteiger partial charge < -0.3 is 5.11 Å². The lowest BCUT2D eigenvalue weighted by Gasteiger charge is -2.26. The second kappa shape index (κ2) is 7.23. The largest absolute Gasteiger partial charge is 0.392 e. The molecule has 6 heteroatoms. The number of aryl methyl sites for hydroxylation is 1. The lowest BCUT2D eigenvalue weighted by atomic mass is 9.82. The van der Waals surface area contributed by atoms with Crippen molar-refractivity contribution in [1.82, 2.24) is 4.83 Å². The van der Waals surface area contributed by atoms with E-state index < -0.39 is 16.1 Å². The number of hydrogen-bond donors (Lipinski definition) is 2. The minimum absolute atomic E-state index is 0.00557. The Morgan fingerprint density at radius 1 is 1.08 bits per heavy atom. The van der Waals surface area contributed by atoms with Crippen molar-refractivity contribution >= 4 is 15.7 Å². The van der Waals surface area contributed by atoms with Gasteiger partial charge in [-0.15, -0.1) is 0 Å². The van der Waals surface area contributed by atoms with Crippen LogP contribution >= 0.6 is 0 Å². The fourth-order valence-corrected chi connectivity index (χ4v) is 4.79. The maximum absolute atomic E-state index is 12.4. The number of sulfonamides is 1. The normalized spacial score (nSPS) is 29.8. The molecule has 24 heavy (non-hydrogen) atoms. The second-order valence-corrected chi connectivity index (χ2v) is 8.70. The Morgan fingerprint density at radius 3 is 2.58 bits per heavy atom. The molecule has 2 aliphatic carbocycles. The standard InChI is InChI=1S/C18H26N2O3S/c1-13-7-10-15(11-8-13)24(22,23)20-19-16-6-4-2-3-5-14-9-12-17(21)18(14)16/h7-8,10-11,14,17-18,20-21H,2-6,9,12H2,1H3/b19-16+/t14-,17+,18-/m1/s1. The van der Waals surface area contributed by atoms with E-state index in [4.69, 9.17) is 0 Å². The van der Waals surface area contributed by atoms with Crippen LogP contribution in [0.15, 0.2) is 34.3 Å². The predicted molar refractivity (Wildman–Crippen MR) is 94.2 cm³/mol. The average molecular weight is 350 g/mol. The van der Waals surface area contributed by atoms with Crippen molar-refractivity contribution in [2.75, 3.05) is 0 Å². The third-order valence-corrected chi connectivity index (χ3v) is 6.51. The maximum atomic E-state index is 12.4. The molecule has 3 rings (SSSR count). The highest BCUT2D eigenvalue weighted by molar-refractivity contribution is 7.89. The summed E-state index contributed by atoms with van der Waals surface area (Å²) in [5, 5.41) is 14.6. The molecule has 3 atom stereocenters. The smallest absolute Gasteiger partial charge is 0.276 e. The first-order chi connectivity index (χ1) is 11.5. The highest BCUT2D eigenvalue weighted by Crippen LogP contribution is 2.39. The number of benzene rings is 1. The van der Waals surface area contributed by atoms with Crippen molar-refractivity contribution in [1.29, 1.82) is 0 Å². The van der Waals surface area contributed by atoms with Gasteiger partial charge in [0.05, 0.1) is 11.0 Å². The number of rotatable bonds is 3. The molecule has 0 aromatic heterocycles. The Balaban J connectivity index is 1.81. The summed E-state index contributed by atoms with van der Waals surface area (Å²) >= 11 is 0. The summed E-state index contributed by atoms with van der Waals surface area (Å²) in [7, 11) is -3.66. The van der Waals surface area contributed by atoms with Crippen LogP contribution in [0, 0.1) is 18.8 Å². The summed E-state index contributed by atoms with van der Waals surface area (Å²) in [6, 6.07) is 6.72. The molecular weight excluding hydrogens is 324 g/mol. The molecule has 2 N–H and O–H groups in total. The number of hydrogen-bond acceptors (Lipinski definition) is 4. The van der Waals surface area contributed by atoms with E-state index in [9.17, 15) is 13.5 Å². The molecule has 1 aromatic rings. The van der Waals surface area contributed by atoms with Crippen LogP contribution < -0.4 is 4.83 Å². The molecule has 0 radical (unpaired) electrons. The van der Waals surface area contributed by atoms with Crippen molar-refractivity contribution in [3.05, 3.63) is 29.8 Å². The molecule has 0 amide bonds. The molecule has 0 aliphatic heterocycles. The molecule has 2 fully saturated rings. The van der Waals surface area contributed by atoms with Crippen LogP contribution in [-0.4, -0.2) is 25.3 Å². The molecule has 5 nitrogen and oxygen atoms in total. The number of aliphatic hydroxyl groups excluding tert-OH is 1. The summed E-state index contributed by atoms with van der Waals surface area (Å²) in [5.41, 5.74) is 1.83. The number of nitrogens with one attached hydrogen (secondary N) is 1. The Kier molecular flexibility index (Phi) is 5.25. The van der Waals surface area contributed by atoms with E-state index in [0.717, 1.165) is 49.8 Å². The zero-order valence-electron chi connectivity index (χ0n) is 14.1. The van der Waals surface area contributed by atoms with Gasteiger partial charge in [0, 0.05) is 11.6 Å². The third kappa shape index (κ3) is 3.81. The van der Waals surface area contributed by atoms with E-state index in [0.29, 0.717) is 5.92 Å². The van der Waals surface area contributed by atoms with Crippen LogP contribution in [0.1, 0.15) is 50.5 Å². The van der Waals surface area contributed by atoms with Gasteiger partial charge >= 0.3 is 0 Å². The molecule has 0 bridgehead atoms. The summed E-state index contributed by atoms with van der Waals surface area (Å²) in [5.74, 6) is 0.439. The minimum Gasteiger partial charge on any atom is -0.392 e. The summed E-state index contributed by atoms with van der Waals surface area (Å²) < 4.78 is 24.9. The van der Waals surface area contributed by atoms with Gasteiger partial charge in [0.1, 0.15) is 0 Å². The third-order valence-electron chi connectivity index (χ3n) is 5.29. The minimum atomic E-state index is -3.66. The Morgan fingerprint density at radius 2 is 1.83 bits per heavy atom. The van der Waals surface area contributed by atoms with E-state index in [1.165, 1.54) is 6.42 Å². The number of hydrazone groups is 1. The lowest BCUT2D eigenvalue weighted by Crippen LogP contribution is -2.32. The van der Waals surface area contributed by atoms with Crippen molar-refractivity contribution in [2.24, 2.45) is 16.9 Å². The van der Waals surface area contributed by atoms with Crippen LogP contribution in [0.5, 0.6) is 0 Å². The Labute approximate surface area is 144 Å². The second-order valence-electron chi connectivity index (χ2n) is 7.04. The first-order valence-corrected chi connectivity index (χ1v) is 10.3. The van der Waals surface area contributed by atoms with Gasteiger partial charge in [-0.2, -0.15) is 13.5 Å². The SMILES string of the molecule is Cc1ccc(S(=O)(=O)N/N=C2\CCCCC[C@@H]3CC[C@H](O)[C@@H]23)cc1. The maximum Gasteiger partial charge on any atom is 0.276 e. The molecule has 0 saturated heterocycles. The fourth-order valence-electron chi connectivity index (χ4n) is 3.95. The lowest BCUT2D eigenvalue weighted by molar-refractivity contribution is 0.146. The highest BCUT2D eigenvalue weighted by atomic mass is 32.2. The molecule has 0 spiro atoms. The van der Waals surface area contributed by atoms with E-state index in [1.54, 1.807) is 24.3 Å². The topological polar surface area (TPSA) is 78.8 Å². The number of nitrogens with zero attached hydrogens (tertiary/aromatic N) is 1. The Hall–Kier alpha value is -1.40. The zero-order valence-corrected chi connectivity index (χ0v) is 14.9. The zero-order chi connectivity index (χ0) is 17.2. The van der Waals surface area contributed by atoms with Gasteiger partial charge in [-0.05, 0) is 57.1 Å². The van der Waals surface area contributed by atoms with E-state index >= 15 is 0 Å². The van der Waals surface area contributed by atoms with Crippen LogP contribution in [0.25, 0.3) is 0 Å². The van der Waals surface area contributed by atoms with E-state index in [1.807, 2.05) is 6.92 Å².